The van der Waals surface area contributed by atoms with E-state index in [2.05, 4.69) is 15.4 Å². The van der Waals surface area contributed by atoms with Gasteiger partial charge < -0.3 is 10.1 Å². The van der Waals surface area contributed by atoms with Crippen LogP contribution in [0.3, 0.4) is 0 Å². The minimum Gasteiger partial charge on any atom is -0.378 e. The number of pyridine rings is 1. The van der Waals surface area contributed by atoms with Crippen molar-refractivity contribution in [1.82, 2.24) is 14.8 Å². The topological polar surface area (TPSA) is 69.0 Å². The van der Waals surface area contributed by atoms with Gasteiger partial charge in [-0.15, -0.1) is 0 Å². The molecule has 0 aromatic carbocycles. The van der Waals surface area contributed by atoms with Gasteiger partial charge in [-0.2, -0.15) is 5.10 Å². The van der Waals surface area contributed by atoms with Crippen LogP contribution in [0.15, 0.2) is 36.8 Å². The van der Waals surface area contributed by atoms with Gasteiger partial charge in [0.15, 0.2) is 5.82 Å². The monoisotopic (exact) mass is 314 g/mol. The van der Waals surface area contributed by atoms with Crippen LogP contribution in [0.4, 0.5) is 5.82 Å². The standard InChI is InChI=1S/C17H22N4O2/c1-13-15(3-2-12-23-13)17(22)19-16-7-11-21(20-16)10-6-14-4-8-18-9-5-14/h4-5,7-9,11,13,15H,2-3,6,10,12H2,1H3,(H,19,20,22)/t13-,15-/m0/s1. The highest BCUT2D eigenvalue weighted by atomic mass is 16.5. The molecule has 122 valence electrons. The molecule has 3 heterocycles. The molecule has 0 radical (unpaired) electrons. The summed E-state index contributed by atoms with van der Waals surface area (Å²) >= 11 is 0. The smallest absolute Gasteiger partial charge is 0.231 e. The molecule has 6 heteroatoms. The van der Waals surface area contributed by atoms with Crippen LogP contribution < -0.4 is 5.32 Å². The van der Waals surface area contributed by atoms with Gasteiger partial charge in [0, 0.05) is 37.8 Å². The summed E-state index contributed by atoms with van der Waals surface area (Å²) in [5.74, 6) is 0.504. The van der Waals surface area contributed by atoms with Crippen molar-refractivity contribution in [3.8, 4) is 0 Å². The molecule has 6 nitrogen and oxygen atoms in total. The molecule has 2 aromatic heterocycles. The Hall–Kier alpha value is -2.21. The first kappa shape index (κ1) is 15.7. The summed E-state index contributed by atoms with van der Waals surface area (Å²) in [6.45, 7) is 3.47. The van der Waals surface area contributed by atoms with Gasteiger partial charge >= 0.3 is 0 Å². The Balaban J connectivity index is 1.53. The minimum absolute atomic E-state index is 0.00316. The lowest BCUT2D eigenvalue weighted by Crippen LogP contribution is -2.36. The second kappa shape index (κ2) is 7.37. The molecular weight excluding hydrogens is 292 g/mol. The molecule has 1 aliphatic heterocycles. The summed E-state index contributed by atoms with van der Waals surface area (Å²) in [5.41, 5.74) is 1.22. The highest BCUT2D eigenvalue weighted by molar-refractivity contribution is 5.92. The Labute approximate surface area is 135 Å². The maximum atomic E-state index is 12.3. The molecule has 1 fully saturated rings. The molecule has 0 aliphatic carbocycles. The Morgan fingerprint density at radius 3 is 3.00 bits per heavy atom. The van der Waals surface area contributed by atoms with Crippen LogP contribution in [0.5, 0.6) is 0 Å². The summed E-state index contributed by atoms with van der Waals surface area (Å²) in [6.07, 6.45) is 8.12. The van der Waals surface area contributed by atoms with E-state index in [0.717, 1.165) is 32.4 Å². The Bertz CT molecular complexity index is 641. The number of rotatable bonds is 5. The predicted molar refractivity (Wildman–Crippen MR) is 86.9 cm³/mol. The lowest BCUT2D eigenvalue weighted by Gasteiger charge is -2.27. The van der Waals surface area contributed by atoms with E-state index in [4.69, 9.17) is 4.74 Å². The zero-order chi connectivity index (χ0) is 16.1. The molecule has 0 unspecified atom stereocenters. The number of anilines is 1. The highest BCUT2D eigenvalue weighted by Crippen LogP contribution is 2.22. The SMILES string of the molecule is C[C@@H]1OCCC[C@@H]1C(=O)Nc1ccn(CCc2ccncc2)n1. The third-order valence-electron chi connectivity index (χ3n) is 4.21. The van der Waals surface area contributed by atoms with E-state index >= 15 is 0 Å². The van der Waals surface area contributed by atoms with Gasteiger partial charge in [-0.1, -0.05) is 0 Å². The molecule has 3 rings (SSSR count). The van der Waals surface area contributed by atoms with Crippen LogP contribution in [0, 0.1) is 5.92 Å². The van der Waals surface area contributed by atoms with Crippen LogP contribution in [-0.2, 0) is 22.5 Å². The molecule has 2 aromatic rings. The van der Waals surface area contributed by atoms with Crippen LogP contribution in [0.1, 0.15) is 25.3 Å². The minimum atomic E-state index is -0.0919. The lowest BCUT2D eigenvalue weighted by molar-refractivity contribution is -0.127. The fraction of sp³-hybridized carbons (Fsp3) is 0.471. The van der Waals surface area contributed by atoms with Crippen molar-refractivity contribution in [3.63, 3.8) is 0 Å². The lowest BCUT2D eigenvalue weighted by atomic mass is 9.94. The molecule has 2 atom stereocenters. The van der Waals surface area contributed by atoms with E-state index in [1.54, 1.807) is 12.4 Å². The van der Waals surface area contributed by atoms with Crippen LogP contribution >= 0.6 is 0 Å². The van der Waals surface area contributed by atoms with E-state index in [0.29, 0.717) is 5.82 Å². The number of ether oxygens (including phenoxy) is 1. The van der Waals surface area contributed by atoms with Gasteiger partial charge in [0.1, 0.15) is 0 Å². The van der Waals surface area contributed by atoms with Crippen LogP contribution in [0.2, 0.25) is 0 Å². The normalized spacial score (nSPS) is 21.1. The summed E-state index contributed by atoms with van der Waals surface area (Å²) in [4.78, 5) is 16.3. The maximum Gasteiger partial charge on any atom is 0.231 e. The van der Waals surface area contributed by atoms with Gasteiger partial charge in [0.25, 0.3) is 0 Å². The molecule has 0 bridgehead atoms. The first-order valence-corrected chi connectivity index (χ1v) is 8.07. The molecule has 1 aliphatic rings. The number of carbonyl (C=O) groups is 1. The number of aryl methyl sites for hydroxylation is 2. The third kappa shape index (κ3) is 4.16. The zero-order valence-corrected chi connectivity index (χ0v) is 13.3. The first-order chi connectivity index (χ1) is 11.2. The van der Waals surface area contributed by atoms with Crippen molar-refractivity contribution in [2.45, 2.75) is 38.8 Å². The number of carbonyl (C=O) groups excluding carboxylic acids is 1. The van der Waals surface area contributed by atoms with Gasteiger partial charge in [-0.05, 0) is 43.9 Å². The molecule has 23 heavy (non-hydrogen) atoms. The van der Waals surface area contributed by atoms with Crippen molar-refractivity contribution >= 4 is 11.7 Å². The molecular formula is C17H22N4O2. The fourth-order valence-corrected chi connectivity index (χ4v) is 2.83. The number of aromatic nitrogens is 3. The number of nitrogens with one attached hydrogen (secondary N) is 1. The third-order valence-corrected chi connectivity index (χ3v) is 4.21. The van der Waals surface area contributed by atoms with Crippen LogP contribution in [0.25, 0.3) is 0 Å². The van der Waals surface area contributed by atoms with Crippen molar-refractivity contribution in [2.75, 3.05) is 11.9 Å². The quantitative estimate of drug-likeness (QED) is 0.919. The first-order valence-electron chi connectivity index (χ1n) is 8.07. The van der Waals surface area contributed by atoms with Crippen molar-refractivity contribution < 1.29 is 9.53 Å². The molecule has 0 spiro atoms. The van der Waals surface area contributed by atoms with Gasteiger partial charge in [-0.25, -0.2) is 0 Å². The number of hydrogen-bond donors (Lipinski definition) is 1. The second-order valence-electron chi connectivity index (χ2n) is 5.88. The van der Waals surface area contributed by atoms with E-state index in [-0.39, 0.29) is 17.9 Å². The Kier molecular flexibility index (Phi) is 5.02. The average Bonchev–Trinajstić information content (AvgIpc) is 3.02. The highest BCUT2D eigenvalue weighted by Gasteiger charge is 2.28. The molecule has 0 saturated carbocycles. The average molecular weight is 314 g/mol. The number of hydrogen-bond acceptors (Lipinski definition) is 4. The summed E-state index contributed by atoms with van der Waals surface area (Å²) in [7, 11) is 0. The van der Waals surface area contributed by atoms with Gasteiger partial charge in [0.2, 0.25) is 5.91 Å². The number of amides is 1. The largest absolute Gasteiger partial charge is 0.378 e. The van der Waals surface area contributed by atoms with Crippen LogP contribution in [-0.4, -0.2) is 33.4 Å². The van der Waals surface area contributed by atoms with Gasteiger partial charge in [-0.3, -0.25) is 14.5 Å². The van der Waals surface area contributed by atoms with E-state index in [1.165, 1.54) is 5.56 Å². The van der Waals surface area contributed by atoms with E-state index < -0.39 is 0 Å². The Morgan fingerprint density at radius 2 is 2.22 bits per heavy atom. The number of nitrogens with zero attached hydrogens (tertiary/aromatic N) is 3. The molecule has 1 amide bonds. The van der Waals surface area contributed by atoms with Crippen molar-refractivity contribution in [2.24, 2.45) is 5.92 Å². The Morgan fingerprint density at radius 1 is 1.39 bits per heavy atom. The summed E-state index contributed by atoms with van der Waals surface area (Å²) in [6, 6.07) is 5.83. The maximum absolute atomic E-state index is 12.3. The molecule has 1 saturated heterocycles. The van der Waals surface area contributed by atoms with E-state index in [9.17, 15) is 4.79 Å². The van der Waals surface area contributed by atoms with E-state index in [1.807, 2.05) is 36.0 Å². The van der Waals surface area contributed by atoms with Crippen molar-refractivity contribution in [1.29, 1.82) is 0 Å². The predicted octanol–water partition coefficient (Wildman–Crippen LogP) is 2.27. The van der Waals surface area contributed by atoms with Crippen molar-refractivity contribution in [3.05, 3.63) is 42.4 Å². The van der Waals surface area contributed by atoms with Gasteiger partial charge in [0.05, 0.1) is 12.0 Å². The summed E-state index contributed by atoms with van der Waals surface area (Å²) < 4.78 is 7.39. The second-order valence-corrected chi connectivity index (χ2v) is 5.88. The zero-order valence-electron chi connectivity index (χ0n) is 13.3. The molecule has 1 N–H and O–H groups in total. The fourth-order valence-electron chi connectivity index (χ4n) is 2.83. The summed E-state index contributed by atoms with van der Waals surface area (Å²) in [5, 5.41) is 7.31.